The molecular weight excluding hydrogens is 498 g/mol. The number of thioether (sulfide) groups is 1. The third kappa shape index (κ3) is 5.17. The van der Waals surface area contributed by atoms with Crippen LogP contribution < -0.4 is 4.74 Å². The van der Waals surface area contributed by atoms with Crippen molar-refractivity contribution < 1.29 is 19.1 Å². The molecule has 1 amide bonds. The summed E-state index contributed by atoms with van der Waals surface area (Å²) in [5.41, 5.74) is 3.93. The van der Waals surface area contributed by atoms with Crippen LogP contribution in [0, 0.1) is 5.92 Å². The Bertz CT molecular complexity index is 1270. The highest BCUT2D eigenvalue weighted by Gasteiger charge is 2.37. The minimum Gasteiger partial charge on any atom is -0.496 e. The van der Waals surface area contributed by atoms with Gasteiger partial charge in [0.2, 0.25) is 0 Å². The number of benzene rings is 2. The molecule has 200 valence electrons. The zero-order valence-corrected chi connectivity index (χ0v) is 21.8. The Kier molecular flexibility index (Phi) is 8.02. The molecule has 38 heavy (non-hydrogen) atoms. The van der Waals surface area contributed by atoms with Gasteiger partial charge in [-0.3, -0.25) is 9.59 Å². The summed E-state index contributed by atoms with van der Waals surface area (Å²) in [6, 6.07) is 16.3. The lowest BCUT2D eigenvalue weighted by Gasteiger charge is -2.41. The van der Waals surface area contributed by atoms with Crippen LogP contribution in [0.15, 0.2) is 58.4 Å². The van der Waals surface area contributed by atoms with E-state index in [1.165, 1.54) is 11.8 Å². The summed E-state index contributed by atoms with van der Waals surface area (Å²) < 4.78 is 11.3. The lowest BCUT2D eigenvalue weighted by atomic mass is 9.78. The lowest BCUT2D eigenvalue weighted by Crippen LogP contribution is -2.47. The van der Waals surface area contributed by atoms with E-state index < -0.39 is 0 Å². The van der Waals surface area contributed by atoms with E-state index in [9.17, 15) is 9.59 Å². The smallest absolute Gasteiger partial charge is 0.286 e. The summed E-state index contributed by atoms with van der Waals surface area (Å²) in [4.78, 5) is 35.5. The number of carbonyl (C=O) groups excluding carboxylic acids is 2. The number of amides is 1. The molecule has 7 nitrogen and oxygen atoms in total. The van der Waals surface area contributed by atoms with E-state index in [1.807, 2.05) is 42.5 Å². The van der Waals surface area contributed by atoms with Gasteiger partial charge in [0.1, 0.15) is 11.5 Å². The van der Waals surface area contributed by atoms with Crippen LogP contribution in [-0.4, -0.2) is 79.7 Å². The second-order valence-electron chi connectivity index (χ2n) is 10.0. The topological polar surface area (TPSA) is 71.4 Å². The van der Waals surface area contributed by atoms with E-state index in [4.69, 9.17) is 9.47 Å². The van der Waals surface area contributed by atoms with Crippen LogP contribution in [0.25, 0.3) is 5.57 Å². The van der Waals surface area contributed by atoms with Gasteiger partial charge in [0.05, 0.1) is 25.2 Å². The fraction of sp³-hybridized carbons (Fsp3) is 0.433. The third-order valence-corrected chi connectivity index (χ3v) is 8.89. The monoisotopic (exact) mass is 533 g/mol. The zero-order chi connectivity index (χ0) is 25.4. The maximum atomic E-state index is 13.3. The van der Waals surface area contributed by atoms with E-state index in [2.05, 4.69) is 20.9 Å². The Morgan fingerprint density at radius 3 is 2.53 bits per heavy atom. The molecule has 2 bridgehead atoms. The first-order valence-corrected chi connectivity index (χ1v) is 13.8. The Balaban J connectivity index is 0.00000294. The van der Waals surface area contributed by atoms with Gasteiger partial charge in [0.15, 0.2) is 5.17 Å². The zero-order valence-electron chi connectivity index (χ0n) is 21.0. The Hall–Kier alpha value is -2.94. The van der Waals surface area contributed by atoms with Crippen molar-refractivity contribution in [1.29, 1.82) is 0 Å². The summed E-state index contributed by atoms with van der Waals surface area (Å²) >= 11 is 1.45. The van der Waals surface area contributed by atoms with Crippen molar-refractivity contribution in [2.75, 3.05) is 53.0 Å². The Morgan fingerprint density at radius 1 is 1.00 bits per heavy atom. The van der Waals surface area contributed by atoms with Crippen molar-refractivity contribution in [1.82, 2.24) is 9.80 Å². The van der Waals surface area contributed by atoms with Gasteiger partial charge in [-0.25, -0.2) is 0 Å². The number of morpholine rings is 1. The van der Waals surface area contributed by atoms with E-state index >= 15 is 0 Å². The highest BCUT2D eigenvalue weighted by molar-refractivity contribution is 8.18. The molecule has 0 aromatic heterocycles. The van der Waals surface area contributed by atoms with Gasteiger partial charge in [-0.15, -0.1) is 0 Å². The summed E-state index contributed by atoms with van der Waals surface area (Å²) in [5, 5.41) is 0.747. The SMILES string of the molecule is C.COc1ccc(C(=C2SC(N3CCOCC3)=NC2=O)c2ccccc2)cc1C1CC2CN(CCC2=O)C1. The normalized spacial score (nSPS) is 26.5. The molecule has 0 spiro atoms. The number of carbonyl (C=O) groups is 2. The molecule has 3 unspecified atom stereocenters. The van der Waals surface area contributed by atoms with E-state index in [0.717, 1.165) is 72.3 Å². The van der Waals surface area contributed by atoms with Crippen molar-refractivity contribution in [3.63, 3.8) is 0 Å². The third-order valence-electron chi connectivity index (χ3n) is 7.77. The maximum Gasteiger partial charge on any atom is 0.286 e. The van der Waals surface area contributed by atoms with Crippen LogP contribution in [0.5, 0.6) is 5.75 Å². The number of nitrogens with zero attached hydrogens (tertiary/aromatic N) is 3. The molecule has 0 radical (unpaired) electrons. The van der Waals surface area contributed by atoms with Crippen molar-refractivity contribution in [3.05, 3.63) is 70.1 Å². The van der Waals surface area contributed by atoms with Crippen molar-refractivity contribution >= 4 is 34.2 Å². The molecule has 4 aliphatic heterocycles. The second-order valence-corrected chi connectivity index (χ2v) is 11.0. The van der Waals surface area contributed by atoms with Gasteiger partial charge < -0.3 is 19.3 Å². The Morgan fingerprint density at radius 2 is 1.76 bits per heavy atom. The molecule has 2 aromatic rings. The Labute approximate surface area is 228 Å². The number of Topliss-reactive ketones (excluding diaryl/α,β-unsaturated/α-hetero) is 1. The maximum absolute atomic E-state index is 13.3. The quantitative estimate of drug-likeness (QED) is 0.539. The summed E-state index contributed by atoms with van der Waals surface area (Å²) in [7, 11) is 1.70. The lowest BCUT2D eigenvalue weighted by molar-refractivity contribution is -0.128. The molecule has 3 fully saturated rings. The van der Waals surface area contributed by atoms with Crippen LogP contribution in [0.1, 0.15) is 42.9 Å². The van der Waals surface area contributed by atoms with Crippen LogP contribution in [0.2, 0.25) is 0 Å². The van der Waals surface area contributed by atoms with Gasteiger partial charge >= 0.3 is 0 Å². The molecule has 3 atom stereocenters. The van der Waals surface area contributed by atoms with Crippen molar-refractivity contribution in [3.8, 4) is 5.75 Å². The molecule has 3 saturated heterocycles. The van der Waals surface area contributed by atoms with Gasteiger partial charge in [-0.05, 0) is 47.0 Å². The molecule has 8 heteroatoms. The number of ketones is 1. The predicted octanol–water partition coefficient (Wildman–Crippen LogP) is 4.43. The first-order valence-electron chi connectivity index (χ1n) is 13.0. The van der Waals surface area contributed by atoms with Crippen LogP contribution in [0.3, 0.4) is 0 Å². The number of hydrogen-bond acceptors (Lipinski definition) is 7. The first-order chi connectivity index (χ1) is 18.1. The van der Waals surface area contributed by atoms with Crippen LogP contribution >= 0.6 is 11.8 Å². The molecule has 4 heterocycles. The predicted molar refractivity (Wildman–Crippen MR) is 152 cm³/mol. The number of rotatable bonds is 4. The average molecular weight is 534 g/mol. The fourth-order valence-corrected chi connectivity index (χ4v) is 6.98. The molecule has 6 rings (SSSR count). The minimum atomic E-state index is -0.202. The fourth-order valence-electron chi connectivity index (χ4n) is 5.89. The van der Waals surface area contributed by atoms with Gasteiger partial charge in [0, 0.05) is 56.6 Å². The minimum absolute atomic E-state index is 0. The highest BCUT2D eigenvalue weighted by atomic mass is 32.2. The first kappa shape index (κ1) is 26.7. The molecule has 4 aliphatic rings. The van der Waals surface area contributed by atoms with Crippen LogP contribution in [-0.2, 0) is 14.3 Å². The molecule has 0 saturated carbocycles. The number of aliphatic imine (C=N–C) groups is 1. The molecule has 0 aliphatic carbocycles. The second kappa shape index (κ2) is 11.4. The number of amidine groups is 1. The molecular formula is C30H35N3O4S. The number of fused-ring (bicyclic) bond motifs is 2. The number of piperidine rings is 2. The molecule has 0 N–H and O–H groups in total. The highest BCUT2D eigenvalue weighted by Crippen LogP contribution is 2.43. The van der Waals surface area contributed by atoms with E-state index in [-0.39, 0.29) is 25.2 Å². The van der Waals surface area contributed by atoms with Crippen LogP contribution in [0.4, 0.5) is 0 Å². The van der Waals surface area contributed by atoms with Gasteiger partial charge in [-0.2, -0.15) is 4.99 Å². The largest absolute Gasteiger partial charge is 0.496 e. The average Bonchev–Trinajstić information content (AvgIpc) is 3.33. The number of ether oxygens (including phenoxy) is 2. The summed E-state index contributed by atoms with van der Waals surface area (Å²) in [6.07, 6.45) is 1.49. The summed E-state index contributed by atoms with van der Waals surface area (Å²) in [5.74, 6) is 1.29. The summed E-state index contributed by atoms with van der Waals surface area (Å²) in [6.45, 7) is 5.36. The van der Waals surface area contributed by atoms with Gasteiger partial charge in [0.25, 0.3) is 5.91 Å². The van der Waals surface area contributed by atoms with Gasteiger partial charge in [-0.1, -0.05) is 43.8 Å². The standard InChI is InChI=1S/C29H31N3O4S.CH4/c1-35-25-8-7-20(16-23(25)21-15-22-18-31(17-21)10-9-24(22)33)26(19-5-3-2-4-6-19)27-28(34)30-29(37-27)32-11-13-36-14-12-32;/h2-8,16,21-22H,9-15,17-18H2,1H3;1H4. The number of hydrogen-bond donors (Lipinski definition) is 0. The van der Waals surface area contributed by atoms with Crippen molar-refractivity contribution in [2.24, 2.45) is 10.9 Å². The number of methoxy groups -OCH3 is 1. The van der Waals surface area contributed by atoms with E-state index in [0.29, 0.717) is 30.3 Å². The van der Waals surface area contributed by atoms with E-state index in [1.54, 1.807) is 7.11 Å². The van der Waals surface area contributed by atoms with Crippen molar-refractivity contribution in [2.45, 2.75) is 26.2 Å². The molecule has 2 aromatic carbocycles.